The molecule has 3 aromatic carbocycles. The van der Waals surface area contributed by atoms with Gasteiger partial charge in [0.15, 0.2) is 0 Å². The van der Waals surface area contributed by atoms with Crippen molar-refractivity contribution in [2.24, 2.45) is 0 Å². The van der Waals surface area contributed by atoms with E-state index in [0.717, 1.165) is 16.0 Å². The lowest BCUT2D eigenvalue weighted by Crippen LogP contribution is -2.54. The Morgan fingerprint density at radius 3 is 2.47 bits per heavy atom. The zero-order valence-electron chi connectivity index (χ0n) is 20.4. The number of rotatable bonds is 7. The number of ether oxygens (including phenoxy) is 2. The van der Waals surface area contributed by atoms with Crippen molar-refractivity contribution in [1.29, 1.82) is 0 Å². The summed E-state index contributed by atoms with van der Waals surface area (Å²) in [5.74, 6) is -2.11. The Labute approximate surface area is 226 Å². The van der Waals surface area contributed by atoms with E-state index in [2.05, 4.69) is 21.2 Å². The second-order valence-electron chi connectivity index (χ2n) is 8.22. The first kappa shape index (κ1) is 26.7. The normalized spacial score (nSPS) is 14.5. The zero-order chi connectivity index (χ0) is 27.4. The van der Waals surface area contributed by atoms with E-state index in [-0.39, 0.29) is 29.2 Å². The van der Waals surface area contributed by atoms with Crippen molar-refractivity contribution < 1.29 is 33.0 Å². The third kappa shape index (κ3) is 5.65. The number of methoxy groups -OCH3 is 1. The van der Waals surface area contributed by atoms with Crippen molar-refractivity contribution >= 4 is 51.5 Å². The quantitative estimate of drug-likeness (QED) is 0.239. The van der Waals surface area contributed by atoms with Crippen molar-refractivity contribution in [3.05, 3.63) is 98.8 Å². The fourth-order valence-electron chi connectivity index (χ4n) is 3.94. The summed E-state index contributed by atoms with van der Waals surface area (Å²) in [7, 11) is 1.48. The molecule has 1 saturated heterocycles. The Bertz CT molecular complexity index is 1470. The fraction of sp³-hybridized carbons (Fsp3) is 0.143. The van der Waals surface area contributed by atoms with Crippen molar-refractivity contribution in [2.75, 3.05) is 18.6 Å². The fourth-order valence-corrected chi connectivity index (χ4v) is 4.54. The predicted molar refractivity (Wildman–Crippen MR) is 141 cm³/mol. The molecule has 0 aliphatic carbocycles. The van der Waals surface area contributed by atoms with Gasteiger partial charge in [-0.1, -0.05) is 28.1 Å². The summed E-state index contributed by atoms with van der Waals surface area (Å²) in [6.45, 7) is 1.89. The Morgan fingerprint density at radius 1 is 1.08 bits per heavy atom. The van der Waals surface area contributed by atoms with Crippen LogP contribution in [-0.2, 0) is 20.7 Å². The highest BCUT2D eigenvalue weighted by Crippen LogP contribution is 2.33. The van der Waals surface area contributed by atoms with Gasteiger partial charge in [0.25, 0.3) is 11.8 Å². The van der Waals surface area contributed by atoms with Crippen molar-refractivity contribution in [1.82, 2.24) is 5.32 Å². The van der Waals surface area contributed by atoms with Gasteiger partial charge in [-0.25, -0.2) is 18.9 Å². The van der Waals surface area contributed by atoms with Gasteiger partial charge in [-0.15, -0.1) is 0 Å². The smallest absolute Gasteiger partial charge is 0.338 e. The maximum atomic E-state index is 13.7. The number of nitrogens with zero attached hydrogens (tertiary/aromatic N) is 1. The summed E-state index contributed by atoms with van der Waals surface area (Å²) in [6.07, 6.45) is 1.73. The number of imide groups is 2. The minimum absolute atomic E-state index is 0.170. The molecule has 1 aliphatic heterocycles. The molecule has 0 radical (unpaired) electrons. The number of halogens is 2. The number of carbonyl (C=O) groups excluding carboxylic acids is 4. The Morgan fingerprint density at radius 2 is 1.82 bits per heavy atom. The molecule has 0 aromatic heterocycles. The highest BCUT2D eigenvalue weighted by Gasteiger charge is 2.37. The molecule has 1 N–H and O–H groups in total. The van der Waals surface area contributed by atoms with Crippen LogP contribution in [0.3, 0.4) is 0 Å². The molecule has 0 atom stereocenters. The van der Waals surface area contributed by atoms with E-state index < -0.39 is 23.8 Å². The van der Waals surface area contributed by atoms with E-state index in [9.17, 15) is 23.6 Å². The summed E-state index contributed by atoms with van der Waals surface area (Å²) in [5, 5.41) is 2.17. The summed E-state index contributed by atoms with van der Waals surface area (Å²) < 4.78 is 24.7. The van der Waals surface area contributed by atoms with Crippen LogP contribution in [0, 0.1) is 5.82 Å². The molecule has 0 unspecified atom stereocenters. The lowest BCUT2D eigenvalue weighted by molar-refractivity contribution is -0.122. The van der Waals surface area contributed by atoms with Crippen molar-refractivity contribution in [2.45, 2.75) is 13.3 Å². The Balaban J connectivity index is 1.65. The minimum Gasteiger partial charge on any atom is -0.496 e. The van der Waals surface area contributed by atoms with Crippen molar-refractivity contribution in [3.8, 4) is 5.75 Å². The second-order valence-corrected chi connectivity index (χ2v) is 9.07. The summed E-state index contributed by atoms with van der Waals surface area (Å²) >= 11 is 3.51. The van der Waals surface area contributed by atoms with Gasteiger partial charge in [0.1, 0.15) is 17.1 Å². The van der Waals surface area contributed by atoms with Gasteiger partial charge >= 0.3 is 12.0 Å². The molecule has 38 heavy (non-hydrogen) atoms. The first-order valence-corrected chi connectivity index (χ1v) is 12.3. The molecule has 4 amide bonds. The lowest BCUT2D eigenvalue weighted by atomic mass is 10.0. The third-order valence-corrected chi connectivity index (χ3v) is 6.42. The number of hydrogen-bond donors (Lipinski definition) is 1. The molecule has 10 heteroatoms. The largest absolute Gasteiger partial charge is 0.496 e. The van der Waals surface area contributed by atoms with E-state index >= 15 is 0 Å². The summed E-state index contributed by atoms with van der Waals surface area (Å²) in [6, 6.07) is 14.3. The monoisotopic (exact) mass is 580 g/mol. The molecule has 0 bridgehead atoms. The van der Waals surface area contributed by atoms with E-state index in [1.165, 1.54) is 49.6 Å². The number of amides is 4. The first-order valence-electron chi connectivity index (χ1n) is 11.5. The number of nitrogens with one attached hydrogen (secondary N) is 1. The topological polar surface area (TPSA) is 102 Å². The van der Waals surface area contributed by atoms with Crippen LogP contribution in [0.1, 0.15) is 34.0 Å². The molecule has 194 valence electrons. The molecule has 0 spiro atoms. The maximum Gasteiger partial charge on any atom is 0.338 e. The SMILES string of the molecule is CCOC(=O)c1ccc(N2C(=O)NC(=O)/C(=C\c3cc(Br)c(Cc4cccc(F)c4)c(OC)c3)C2=O)cc1. The van der Waals surface area contributed by atoms with Crippen LogP contribution in [-0.4, -0.2) is 37.5 Å². The third-order valence-electron chi connectivity index (χ3n) is 5.72. The van der Waals surface area contributed by atoms with Gasteiger partial charge in [-0.3, -0.25) is 14.9 Å². The van der Waals surface area contributed by atoms with Gasteiger partial charge in [-0.05, 0) is 72.7 Å². The highest BCUT2D eigenvalue weighted by molar-refractivity contribution is 9.10. The molecule has 3 aromatic rings. The minimum atomic E-state index is -0.912. The summed E-state index contributed by atoms with van der Waals surface area (Å²) in [5.41, 5.74) is 2.09. The van der Waals surface area contributed by atoms with Gasteiger partial charge in [0.05, 0.1) is 25.0 Å². The molecule has 1 heterocycles. The van der Waals surface area contributed by atoms with Crippen LogP contribution >= 0.6 is 15.9 Å². The molecular weight excluding hydrogens is 559 g/mol. The number of hydrogen-bond acceptors (Lipinski definition) is 6. The van der Waals surface area contributed by atoms with E-state index in [4.69, 9.17) is 9.47 Å². The second kappa shape index (κ2) is 11.4. The average Bonchev–Trinajstić information content (AvgIpc) is 2.88. The summed E-state index contributed by atoms with van der Waals surface area (Å²) in [4.78, 5) is 51.1. The lowest BCUT2D eigenvalue weighted by Gasteiger charge is -2.26. The highest BCUT2D eigenvalue weighted by atomic mass is 79.9. The van der Waals surface area contributed by atoms with Gasteiger partial charge in [0, 0.05) is 16.5 Å². The number of carbonyl (C=O) groups is 4. The number of urea groups is 1. The van der Waals surface area contributed by atoms with E-state index in [1.807, 2.05) is 0 Å². The average molecular weight is 581 g/mol. The van der Waals surface area contributed by atoms with Gasteiger partial charge in [-0.2, -0.15) is 0 Å². The Kier molecular flexibility index (Phi) is 8.02. The molecule has 1 aliphatic rings. The number of barbiturate groups is 1. The zero-order valence-corrected chi connectivity index (χ0v) is 22.0. The predicted octanol–water partition coefficient (Wildman–Crippen LogP) is 5.03. The van der Waals surface area contributed by atoms with Crippen LogP contribution in [0.25, 0.3) is 6.08 Å². The van der Waals surface area contributed by atoms with Crippen LogP contribution in [0.4, 0.5) is 14.9 Å². The maximum absolute atomic E-state index is 13.7. The number of benzene rings is 3. The molecule has 1 fully saturated rings. The first-order chi connectivity index (χ1) is 18.2. The van der Waals surface area contributed by atoms with Crippen LogP contribution in [0.2, 0.25) is 0 Å². The van der Waals surface area contributed by atoms with Gasteiger partial charge < -0.3 is 9.47 Å². The molecule has 0 saturated carbocycles. The van der Waals surface area contributed by atoms with Crippen LogP contribution < -0.4 is 15.0 Å². The van der Waals surface area contributed by atoms with Gasteiger partial charge in [0.2, 0.25) is 0 Å². The van der Waals surface area contributed by atoms with Crippen LogP contribution in [0.15, 0.2) is 70.7 Å². The van der Waals surface area contributed by atoms with E-state index in [1.54, 1.807) is 31.2 Å². The number of anilines is 1. The number of esters is 1. The van der Waals surface area contributed by atoms with Crippen LogP contribution in [0.5, 0.6) is 5.75 Å². The van der Waals surface area contributed by atoms with Crippen molar-refractivity contribution in [3.63, 3.8) is 0 Å². The molecular formula is C28H22BrFN2O6. The molecule has 4 rings (SSSR count). The van der Waals surface area contributed by atoms with E-state index in [0.29, 0.717) is 22.2 Å². The molecule has 8 nitrogen and oxygen atoms in total. The Hall–Kier alpha value is -4.31. The standard InChI is InChI=1S/C28H22BrFN2O6/c1-3-38-27(35)18-7-9-20(10-8-18)32-26(34)22(25(33)31-28(32)36)13-17-14-23(29)21(24(15-17)37-2)12-16-5-4-6-19(30)11-16/h4-11,13-15H,3,12H2,1-2H3,(H,31,33,36)/b22-13+.